The van der Waals surface area contributed by atoms with Gasteiger partial charge < -0.3 is 20.4 Å². The molecule has 1 fully saturated rings. The molecule has 0 atom stereocenters. The van der Waals surface area contributed by atoms with E-state index in [0.717, 1.165) is 13.1 Å². The number of aromatic nitrogens is 2. The van der Waals surface area contributed by atoms with Crippen molar-refractivity contribution in [2.45, 2.75) is 6.42 Å². The summed E-state index contributed by atoms with van der Waals surface area (Å²) >= 11 is 0. The Morgan fingerprint density at radius 2 is 2.14 bits per heavy atom. The number of nitrogens with zero attached hydrogens (tertiary/aromatic N) is 3. The van der Waals surface area contributed by atoms with Gasteiger partial charge in [0.05, 0.1) is 12.7 Å². The topological polar surface area (TPSA) is 106 Å². The molecule has 116 valence electrons. The molecule has 8 heteroatoms. The summed E-state index contributed by atoms with van der Waals surface area (Å²) in [4.78, 5) is 29.9. The molecule has 3 rings (SSSR count). The standard InChI is InChI=1S/C14H17N5O3/c15-13(20)11-9-19(14(21)18-5-3-16-4-6-18)12(17-11)8-10-2-1-7-22-10/h1-2,7,9,16H,3-6,8H2,(H2,15,20). The average molecular weight is 303 g/mol. The maximum absolute atomic E-state index is 12.6. The van der Waals surface area contributed by atoms with Gasteiger partial charge >= 0.3 is 6.03 Å². The molecule has 2 aromatic rings. The van der Waals surface area contributed by atoms with Crippen molar-refractivity contribution in [3.63, 3.8) is 0 Å². The van der Waals surface area contributed by atoms with E-state index in [4.69, 9.17) is 10.2 Å². The molecule has 2 amide bonds. The minimum absolute atomic E-state index is 0.0741. The van der Waals surface area contributed by atoms with Crippen molar-refractivity contribution in [2.24, 2.45) is 5.73 Å². The molecule has 2 aromatic heterocycles. The zero-order chi connectivity index (χ0) is 15.5. The highest BCUT2D eigenvalue weighted by Crippen LogP contribution is 2.12. The van der Waals surface area contributed by atoms with Gasteiger partial charge in [0.15, 0.2) is 0 Å². The first kappa shape index (κ1) is 14.3. The Hall–Kier alpha value is -2.61. The number of primary amides is 1. The molecule has 0 radical (unpaired) electrons. The summed E-state index contributed by atoms with van der Waals surface area (Å²) in [6, 6.07) is 3.34. The van der Waals surface area contributed by atoms with Gasteiger partial charge in [-0.2, -0.15) is 0 Å². The third kappa shape index (κ3) is 2.86. The molecule has 1 aliphatic rings. The van der Waals surface area contributed by atoms with Crippen molar-refractivity contribution in [3.8, 4) is 0 Å². The van der Waals surface area contributed by atoms with E-state index in [1.165, 1.54) is 10.8 Å². The molecule has 0 unspecified atom stereocenters. The number of hydrogen-bond donors (Lipinski definition) is 2. The van der Waals surface area contributed by atoms with Crippen molar-refractivity contribution >= 4 is 11.9 Å². The normalized spacial score (nSPS) is 15.0. The molecule has 0 bridgehead atoms. The number of amides is 2. The second-order valence-corrected chi connectivity index (χ2v) is 5.05. The summed E-state index contributed by atoms with van der Waals surface area (Å²) in [5.74, 6) is 0.441. The molecule has 8 nitrogen and oxygen atoms in total. The Labute approximate surface area is 126 Å². The van der Waals surface area contributed by atoms with E-state index >= 15 is 0 Å². The fraction of sp³-hybridized carbons (Fsp3) is 0.357. The van der Waals surface area contributed by atoms with E-state index in [2.05, 4.69) is 10.3 Å². The maximum Gasteiger partial charge on any atom is 0.329 e. The van der Waals surface area contributed by atoms with E-state index < -0.39 is 5.91 Å². The van der Waals surface area contributed by atoms with Crippen LogP contribution in [0, 0.1) is 0 Å². The van der Waals surface area contributed by atoms with Gasteiger partial charge in [-0.15, -0.1) is 0 Å². The number of piperazine rings is 1. The van der Waals surface area contributed by atoms with Gasteiger partial charge in [0.25, 0.3) is 5.91 Å². The molecule has 0 saturated carbocycles. The van der Waals surface area contributed by atoms with Crippen LogP contribution in [0.15, 0.2) is 29.0 Å². The molecular formula is C14H17N5O3. The number of carbonyl (C=O) groups is 2. The third-order valence-corrected chi connectivity index (χ3v) is 3.54. The predicted octanol–water partition coefficient (Wildman–Crippen LogP) is 0.0391. The lowest BCUT2D eigenvalue weighted by Gasteiger charge is -2.27. The second-order valence-electron chi connectivity index (χ2n) is 5.05. The number of furan rings is 1. The number of hydrogen-bond acceptors (Lipinski definition) is 5. The van der Waals surface area contributed by atoms with Crippen LogP contribution in [0.25, 0.3) is 0 Å². The molecule has 0 aliphatic carbocycles. The number of imidazole rings is 1. The Bertz CT molecular complexity index is 671. The van der Waals surface area contributed by atoms with Crippen molar-refractivity contribution in [1.82, 2.24) is 19.8 Å². The zero-order valence-corrected chi connectivity index (χ0v) is 12.0. The minimum Gasteiger partial charge on any atom is -0.469 e. The van der Waals surface area contributed by atoms with E-state index in [1.54, 1.807) is 23.3 Å². The smallest absolute Gasteiger partial charge is 0.329 e. The summed E-state index contributed by atoms with van der Waals surface area (Å²) < 4.78 is 6.67. The van der Waals surface area contributed by atoms with Gasteiger partial charge in [-0.1, -0.05) is 0 Å². The Kier molecular flexibility index (Phi) is 3.92. The van der Waals surface area contributed by atoms with Crippen molar-refractivity contribution in [1.29, 1.82) is 0 Å². The quantitative estimate of drug-likeness (QED) is 0.832. The van der Waals surface area contributed by atoms with E-state index in [0.29, 0.717) is 31.1 Å². The number of nitrogens with two attached hydrogens (primary N) is 1. The molecule has 3 N–H and O–H groups in total. The summed E-state index contributed by atoms with van der Waals surface area (Å²) in [5, 5.41) is 3.19. The summed E-state index contributed by atoms with van der Waals surface area (Å²) in [6.45, 7) is 2.72. The number of rotatable bonds is 3. The van der Waals surface area contributed by atoms with Gasteiger partial charge in [-0.25, -0.2) is 9.78 Å². The van der Waals surface area contributed by atoms with Crippen LogP contribution in [0.1, 0.15) is 22.1 Å². The molecule has 3 heterocycles. The van der Waals surface area contributed by atoms with Crippen LogP contribution < -0.4 is 11.1 Å². The Balaban J connectivity index is 1.90. The van der Waals surface area contributed by atoms with E-state index in [-0.39, 0.29) is 11.7 Å². The first-order valence-electron chi connectivity index (χ1n) is 7.05. The van der Waals surface area contributed by atoms with Gasteiger partial charge in [0, 0.05) is 32.4 Å². The highest BCUT2D eigenvalue weighted by Gasteiger charge is 2.23. The average Bonchev–Trinajstić information content (AvgIpc) is 3.18. The van der Waals surface area contributed by atoms with Crippen LogP contribution in [0.4, 0.5) is 4.79 Å². The highest BCUT2D eigenvalue weighted by molar-refractivity contribution is 5.91. The first-order valence-corrected chi connectivity index (χ1v) is 7.05. The summed E-state index contributed by atoms with van der Waals surface area (Å²) in [7, 11) is 0. The molecular weight excluding hydrogens is 286 g/mol. The van der Waals surface area contributed by atoms with Crippen LogP contribution in [-0.2, 0) is 6.42 Å². The molecule has 0 spiro atoms. The lowest BCUT2D eigenvalue weighted by atomic mass is 10.3. The highest BCUT2D eigenvalue weighted by atomic mass is 16.3. The van der Waals surface area contributed by atoms with Crippen LogP contribution in [0.3, 0.4) is 0 Å². The van der Waals surface area contributed by atoms with Gasteiger partial charge in [0.1, 0.15) is 17.3 Å². The summed E-state index contributed by atoms with van der Waals surface area (Å²) in [6.07, 6.45) is 3.26. The largest absolute Gasteiger partial charge is 0.469 e. The molecule has 0 aromatic carbocycles. The molecule has 1 saturated heterocycles. The SMILES string of the molecule is NC(=O)c1cn(C(=O)N2CCNCC2)c(Cc2ccco2)n1. The van der Waals surface area contributed by atoms with Crippen molar-refractivity contribution in [2.75, 3.05) is 26.2 Å². The van der Waals surface area contributed by atoms with Gasteiger partial charge in [-0.3, -0.25) is 9.36 Å². The van der Waals surface area contributed by atoms with Crippen LogP contribution in [0.5, 0.6) is 0 Å². The maximum atomic E-state index is 12.6. The zero-order valence-electron chi connectivity index (χ0n) is 12.0. The molecule has 22 heavy (non-hydrogen) atoms. The monoisotopic (exact) mass is 303 g/mol. The first-order chi connectivity index (χ1) is 10.6. The fourth-order valence-electron chi connectivity index (χ4n) is 2.41. The Morgan fingerprint density at radius 3 is 2.77 bits per heavy atom. The van der Waals surface area contributed by atoms with Gasteiger partial charge in [0.2, 0.25) is 0 Å². The lowest BCUT2D eigenvalue weighted by Crippen LogP contribution is -2.48. The predicted molar refractivity (Wildman–Crippen MR) is 77.5 cm³/mol. The van der Waals surface area contributed by atoms with Crippen molar-refractivity contribution in [3.05, 3.63) is 41.9 Å². The third-order valence-electron chi connectivity index (χ3n) is 3.54. The van der Waals surface area contributed by atoms with Crippen LogP contribution in [-0.4, -0.2) is 52.6 Å². The minimum atomic E-state index is -0.660. The number of carbonyl (C=O) groups excluding carboxylic acids is 2. The Morgan fingerprint density at radius 1 is 1.36 bits per heavy atom. The van der Waals surface area contributed by atoms with Gasteiger partial charge in [-0.05, 0) is 12.1 Å². The van der Waals surface area contributed by atoms with Crippen molar-refractivity contribution < 1.29 is 14.0 Å². The summed E-state index contributed by atoms with van der Waals surface area (Å²) in [5.41, 5.74) is 5.35. The van der Waals surface area contributed by atoms with Crippen LogP contribution in [0.2, 0.25) is 0 Å². The fourth-order valence-corrected chi connectivity index (χ4v) is 2.41. The molecule has 1 aliphatic heterocycles. The van der Waals surface area contributed by atoms with E-state index in [9.17, 15) is 9.59 Å². The van der Waals surface area contributed by atoms with Crippen LogP contribution >= 0.6 is 0 Å². The lowest BCUT2D eigenvalue weighted by molar-refractivity contribution is 0.0996. The second kappa shape index (κ2) is 6.02. The van der Waals surface area contributed by atoms with E-state index in [1.807, 2.05) is 0 Å². The number of nitrogens with one attached hydrogen (secondary N) is 1.